The van der Waals surface area contributed by atoms with E-state index in [9.17, 15) is 4.79 Å². The number of azide groups is 1. The molecule has 0 heterocycles. The fourth-order valence-corrected chi connectivity index (χ4v) is 0.789. The summed E-state index contributed by atoms with van der Waals surface area (Å²) in [5, 5.41) is 5.51. The Hall–Kier alpha value is -2.20. The maximum Gasteiger partial charge on any atom is 0.411 e. The van der Waals surface area contributed by atoms with Gasteiger partial charge in [-0.3, -0.25) is 5.32 Å². The number of hydrogen-bond acceptors (Lipinski definition) is 3. The Morgan fingerprint density at radius 3 is 2.86 bits per heavy atom. The van der Waals surface area contributed by atoms with Gasteiger partial charge in [-0.2, -0.15) is 0 Å². The third-order valence-electron chi connectivity index (χ3n) is 1.34. The second-order valence-electron chi connectivity index (χ2n) is 2.28. The average molecular weight is 192 g/mol. The predicted octanol–water partition coefficient (Wildman–Crippen LogP) is 2.50. The van der Waals surface area contributed by atoms with Crippen molar-refractivity contribution < 1.29 is 9.53 Å². The van der Waals surface area contributed by atoms with E-state index in [2.05, 4.69) is 20.1 Å². The maximum atomic E-state index is 11.0. The fourth-order valence-electron chi connectivity index (χ4n) is 0.789. The van der Waals surface area contributed by atoms with Crippen molar-refractivity contribution in [3.63, 3.8) is 0 Å². The van der Waals surface area contributed by atoms with Crippen molar-refractivity contribution in [2.45, 2.75) is 0 Å². The van der Waals surface area contributed by atoms with Crippen molar-refractivity contribution in [3.05, 3.63) is 40.8 Å². The van der Waals surface area contributed by atoms with Crippen LogP contribution >= 0.6 is 0 Å². The third-order valence-corrected chi connectivity index (χ3v) is 1.34. The third kappa shape index (κ3) is 3.46. The molecule has 6 heteroatoms. The molecule has 1 N–H and O–H groups in total. The van der Waals surface area contributed by atoms with E-state index in [1.165, 1.54) is 0 Å². The number of nitrogens with zero attached hydrogens (tertiary/aromatic N) is 3. The molecule has 0 aliphatic heterocycles. The van der Waals surface area contributed by atoms with E-state index in [-0.39, 0.29) is 6.73 Å². The average Bonchev–Trinajstić information content (AvgIpc) is 2.20. The minimum absolute atomic E-state index is 0.310. The van der Waals surface area contributed by atoms with Crippen LogP contribution in [0.3, 0.4) is 0 Å². The Balaban J connectivity index is 2.38. The van der Waals surface area contributed by atoms with Gasteiger partial charge >= 0.3 is 6.09 Å². The summed E-state index contributed by atoms with van der Waals surface area (Å²) in [6.07, 6.45) is -0.649. The molecule has 72 valence electrons. The first-order valence-corrected chi connectivity index (χ1v) is 3.82. The van der Waals surface area contributed by atoms with Crippen LogP contribution in [-0.4, -0.2) is 12.8 Å². The maximum absolute atomic E-state index is 11.0. The standard InChI is InChI=1S/C8H8N4O2/c9-12-10-6-14-8(13)11-7-4-2-1-3-5-7/h1-5H,6H2,(H,11,13). The van der Waals surface area contributed by atoms with Crippen LogP contribution in [0.25, 0.3) is 10.4 Å². The van der Waals surface area contributed by atoms with Gasteiger partial charge in [-0.15, -0.1) is 0 Å². The van der Waals surface area contributed by atoms with Crippen molar-refractivity contribution in [1.82, 2.24) is 0 Å². The molecule has 1 aromatic rings. The van der Waals surface area contributed by atoms with E-state index in [0.29, 0.717) is 5.69 Å². The fraction of sp³-hybridized carbons (Fsp3) is 0.125. The van der Waals surface area contributed by atoms with Gasteiger partial charge in [0, 0.05) is 10.6 Å². The molecule has 0 saturated heterocycles. The lowest BCUT2D eigenvalue weighted by atomic mass is 10.3. The molecule has 0 bridgehead atoms. The number of anilines is 1. The van der Waals surface area contributed by atoms with Gasteiger partial charge in [0.1, 0.15) is 0 Å². The Morgan fingerprint density at radius 2 is 2.21 bits per heavy atom. The van der Waals surface area contributed by atoms with Crippen LogP contribution in [-0.2, 0) is 4.74 Å². The van der Waals surface area contributed by atoms with Gasteiger partial charge in [0.2, 0.25) is 0 Å². The Morgan fingerprint density at radius 1 is 1.50 bits per heavy atom. The highest BCUT2D eigenvalue weighted by atomic mass is 16.6. The second-order valence-corrected chi connectivity index (χ2v) is 2.28. The minimum atomic E-state index is -0.649. The number of benzene rings is 1. The van der Waals surface area contributed by atoms with Crippen LogP contribution in [0, 0.1) is 0 Å². The molecular formula is C8H8N4O2. The van der Waals surface area contributed by atoms with Crippen LogP contribution in [0.5, 0.6) is 0 Å². The lowest BCUT2D eigenvalue weighted by Crippen LogP contribution is -2.13. The summed E-state index contributed by atoms with van der Waals surface area (Å²) in [5.74, 6) is 0. The molecule has 1 rings (SSSR count). The molecule has 0 atom stereocenters. The highest BCUT2D eigenvalue weighted by molar-refractivity contribution is 5.84. The Labute approximate surface area is 80.1 Å². The quantitative estimate of drug-likeness (QED) is 0.453. The molecule has 1 aromatic carbocycles. The Kier molecular flexibility index (Phi) is 3.85. The van der Waals surface area contributed by atoms with E-state index < -0.39 is 6.09 Å². The van der Waals surface area contributed by atoms with Crippen molar-refractivity contribution in [3.8, 4) is 0 Å². The number of carbonyl (C=O) groups excluding carboxylic acids is 1. The number of ether oxygens (including phenoxy) is 1. The SMILES string of the molecule is [N-]=[N+]=NCOC(=O)Nc1ccccc1. The molecule has 1 amide bonds. The zero-order valence-corrected chi connectivity index (χ0v) is 7.25. The van der Waals surface area contributed by atoms with Crippen LogP contribution in [0.15, 0.2) is 35.4 Å². The first kappa shape index (κ1) is 9.88. The first-order chi connectivity index (χ1) is 6.83. The normalized spacial score (nSPS) is 8.57. The molecule has 0 aromatic heterocycles. The highest BCUT2D eigenvalue weighted by Gasteiger charge is 1.99. The van der Waals surface area contributed by atoms with Crippen molar-refractivity contribution in [2.75, 3.05) is 12.0 Å². The molecule has 0 radical (unpaired) electrons. The summed E-state index contributed by atoms with van der Waals surface area (Å²) in [6.45, 7) is -0.310. The summed E-state index contributed by atoms with van der Waals surface area (Å²) >= 11 is 0. The van der Waals surface area contributed by atoms with E-state index in [4.69, 9.17) is 5.53 Å². The van der Waals surface area contributed by atoms with E-state index in [1.807, 2.05) is 6.07 Å². The topological polar surface area (TPSA) is 87.1 Å². The molecule has 0 aliphatic carbocycles. The largest absolute Gasteiger partial charge is 0.443 e. The van der Waals surface area contributed by atoms with Gasteiger partial charge in [0.25, 0.3) is 0 Å². The van der Waals surface area contributed by atoms with E-state index in [1.54, 1.807) is 24.3 Å². The van der Waals surface area contributed by atoms with Crippen molar-refractivity contribution >= 4 is 11.8 Å². The molecular weight excluding hydrogens is 184 g/mol. The van der Waals surface area contributed by atoms with Crippen LogP contribution in [0.1, 0.15) is 0 Å². The zero-order chi connectivity index (χ0) is 10.2. The van der Waals surface area contributed by atoms with Crippen LogP contribution in [0.4, 0.5) is 10.5 Å². The lowest BCUT2D eigenvalue weighted by molar-refractivity contribution is 0.165. The smallest absolute Gasteiger partial charge is 0.411 e. The second kappa shape index (κ2) is 5.45. The molecule has 0 spiro atoms. The van der Waals surface area contributed by atoms with E-state index in [0.717, 1.165) is 0 Å². The molecule has 0 saturated carbocycles. The van der Waals surface area contributed by atoms with Crippen LogP contribution < -0.4 is 5.32 Å². The van der Waals surface area contributed by atoms with Gasteiger partial charge < -0.3 is 4.74 Å². The zero-order valence-electron chi connectivity index (χ0n) is 7.25. The summed E-state index contributed by atoms with van der Waals surface area (Å²) in [5.41, 5.74) is 8.54. The molecule has 6 nitrogen and oxygen atoms in total. The number of para-hydroxylation sites is 1. The molecule has 0 unspecified atom stereocenters. The molecule has 0 fully saturated rings. The number of rotatable bonds is 3. The Bertz CT molecular complexity index is 346. The predicted molar refractivity (Wildman–Crippen MR) is 50.6 cm³/mol. The molecule has 14 heavy (non-hydrogen) atoms. The number of nitrogens with one attached hydrogen (secondary N) is 1. The van der Waals surface area contributed by atoms with Gasteiger partial charge in [0.15, 0.2) is 6.73 Å². The lowest BCUT2D eigenvalue weighted by Gasteiger charge is -2.03. The summed E-state index contributed by atoms with van der Waals surface area (Å²) < 4.78 is 4.52. The minimum Gasteiger partial charge on any atom is -0.443 e. The van der Waals surface area contributed by atoms with Crippen molar-refractivity contribution in [1.29, 1.82) is 0 Å². The first-order valence-electron chi connectivity index (χ1n) is 3.82. The summed E-state index contributed by atoms with van der Waals surface area (Å²) in [4.78, 5) is 13.4. The monoisotopic (exact) mass is 192 g/mol. The number of amides is 1. The van der Waals surface area contributed by atoms with Gasteiger partial charge in [0.05, 0.1) is 0 Å². The van der Waals surface area contributed by atoms with Gasteiger partial charge in [-0.05, 0) is 17.7 Å². The highest BCUT2D eigenvalue weighted by Crippen LogP contribution is 2.04. The number of hydrogen-bond donors (Lipinski definition) is 1. The summed E-state index contributed by atoms with van der Waals surface area (Å²) in [6, 6.07) is 8.83. The van der Waals surface area contributed by atoms with Gasteiger partial charge in [-0.25, -0.2) is 4.79 Å². The summed E-state index contributed by atoms with van der Waals surface area (Å²) in [7, 11) is 0. The molecule has 0 aliphatic rings. The van der Waals surface area contributed by atoms with E-state index >= 15 is 0 Å². The number of carbonyl (C=O) groups is 1. The van der Waals surface area contributed by atoms with Crippen LogP contribution in [0.2, 0.25) is 0 Å². The van der Waals surface area contributed by atoms with Gasteiger partial charge in [-0.1, -0.05) is 23.3 Å². The van der Waals surface area contributed by atoms with Crippen molar-refractivity contribution in [2.24, 2.45) is 5.11 Å².